The van der Waals surface area contributed by atoms with Crippen molar-refractivity contribution < 1.29 is 14.3 Å². The Kier molecular flexibility index (Phi) is 11.2. The third-order valence-corrected chi connectivity index (χ3v) is 10.1. The predicted octanol–water partition coefficient (Wildman–Crippen LogP) is 8.06. The number of nitrogens with zero attached hydrogens (tertiary/aromatic N) is 4. The minimum Gasteiger partial charge on any atom is -0.497 e. The van der Waals surface area contributed by atoms with Crippen LogP contribution < -0.4 is 9.47 Å². The Hall–Kier alpha value is -4.53. The number of piperazine rings is 1. The Morgan fingerprint density at radius 3 is 1.81 bits per heavy atom. The van der Waals surface area contributed by atoms with E-state index in [2.05, 4.69) is 101 Å². The van der Waals surface area contributed by atoms with E-state index in [9.17, 15) is 4.79 Å². The number of ether oxygens (including phenoxy) is 2. The quantitative estimate of drug-likeness (QED) is 0.0941. The van der Waals surface area contributed by atoms with Crippen LogP contribution in [0.15, 0.2) is 114 Å². The van der Waals surface area contributed by atoms with E-state index in [0.29, 0.717) is 6.42 Å². The van der Waals surface area contributed by atoms with Crippen LogP contribution in [0, 0.1) is 0 Å². The molecule has 0 radical (unpaired) electrons. The van der Waals surface area contributed by atoms with Gasteiger partial charge in [-0.05, 0) is 73.0 Å². The summed E-state index contributed by atoms with van der Waals surface area (Å²) in [6.07, 6.45) is 1.34. The van der Waals surface area contributed by atoms with Crippen LogP contribution in [0.5, 0.6) is 11.5 Å². The molecule has 1 aliphatic heterocycles. The van der Waals surface area contributed by atoms with Crippen LogP contribution in [0.3, 0.4) is 0 Å². The molecule has 5 aromatic rings. The summed E-state index contributed by atoms with van der Waals surface area (Å²) in [6, 6.07) is 37.8. The lowest BCUT2D eigenvalue weighted by atomic mass is 9.96. The van der Waals surface area contributed by atoms with Crippen LogP contribution in [0.25, 0.3) is 22.5 Å². The van der Waals surface area contributed by atoms with Gasteiger partial charge in [-0.25, -0.2) is 4.98 Å². The van der Waals surface area contributed by atoms with Gasteiger partial charge in [-0.3, -0.25) is 9.69 Å². The average molecular weight is 661 g/mol. The molecule has 6 rings (SSSR count). The smallest absolute Gasteiger partial charge is 0.222 e. The van der Waals surface area contributed by atoms with E-state index in [0.717, 1.165) is 84.1 Å². The molecule has 2 heterocycles. The van der Waals surface area contributed by atoms with E-state index in [4.69, 9.17) is 14.5 Å². The van der Waals surface area contributed by atoms with Crippen molar-refractivity contribution in [1.82, 2.24) is 19.4 Å². The van der Waals surface area contributed by atoms with Crippen LogP contribution in [0.4, 0.5) is 0 Å². The van der Waals surface area contributed by atoms with Crippen molar-refractivity contribution in [2.24, 2.45) is 0 Å². The monoisotopic (exact) mass is 660 g/mol. The van der Waals surface area contributed by atoms with Gasteiger partial charge in [-0.15, -0.1) is 0 Å². The standard InChI is InChI=1S/C40H44N4O3S/c1-4-44-39(33-19-23-35(47-3)24-20-33)37(30-17-21-34(46-2)22-18-30)41-40(44)48-29-11-16-36(45)42-25-27-43(28-26-42)38(31-12-7-5-8-13-31)32-14-9-6-10-15-32/h5-10,12-15,17-24,38H,4,11,16,25-29H2,1-3H3. The summed E-state index contributed by atoms with van der Waals surface area (Å²) < 4.78 is 13.1. The fourth-order valence-electron chi connectivity index (χ4n) is 6.49. The van der Waals surface area contributed by atoms with Gasteiger partial charge in [0.05, 0.1) is 31.6 Å². The number of thioether (sulfide) groups is 1. The lowest BCUT2D eigenvalue weighted by molar-refractivity contribution is -0.133. The first-order chi connectivity index (χ1) is 23.6. The maximum absolute atomic E-state index is 13.3. The van der Waals surface area contributed by atoms with Gasteiger partial charge >= 0.3 is 0 Å². The second kappa shape index (κ2) is 16.0. The molecule has 0 aliphatic carbocycles. The normalized spacial score (nSPS) is 13.5. The second-order valence-electron chi connectivity index (χ2n) is 11.9. The largest absolute Gasteiger partial charge is 0.497 e. The number of aromatic nitrogens is 2. The van der Waals surface area contributed by atoms with E-state index < -0.39 is 0 Å². The van der Waals surface area contributed by atoms with Crippen molar-refractivity contribution in [2.75, 3.05) is 46.2 Å². The molecule has 1 aromatic heterocycles. The molecule has 7 nitrogen and oxygen atoms in total. The zero-order chi connectivity index (χ0) is 33.3. The number of carbonyl (C=O) groups is 1. The highest BCUT2D eigenvalue weighted by atomic mass is 32.2. The van der Waals surface area contributed by atoms with Crippen LogP contribution in [0.2, 0.25) is 0 Å². The van der Waals surface area contributed by atoms with Crippen molar-refractivity contribution in [3.05, 3.63) is 120 Å². The minimum atomic E-state index is 0.189. The zero-order valence-electron chi connectivity index (χ0n) is 28.0. The fourth-order valence-corrected chi connectivity index (χ4v) is 7.49. The van der Waals surface area contributed by atoms with Gasteiger partial charge in [-0.2, -0.15) is 0 Å². The third kappa shape index (κ3) is 7.61. The summed E-state index contributed by atoms with van der Waals surface area (Å²) in [5.41, 5.74) is 6.70. The second-order valence-corrected chi connectivity index (χ2v) is 12.9. The molecule has 8 heteroatoms. The maximum Gasteiger partial charge on any atom is 0.222 e. The molecule has 0 bridgehead atoms. The molecule has 1 saturated heterocycles. The SMILES string of the molecule is CCn1c(SCCCC(=O)N2CCN(C(c3ccccc3)c3ccccc3)CC2)nc(-c2ccc(OC)cc2)c1-c1ccc(OC)cc1. The molecular formula is C40H44N4O3S. The summed E-state index contributed by atoms with van der Waals surface area (Å²) in [5, 5.41) is 0.961. The van der Waals surface area contributed by atoms with Crippen molar-refractivity contribution in [3.8, 4) is 34.0 Å². The van der Waals surface area contributed by atoms with Crippen molar-refractivity contribution in [1.29, 1.82) is 0 Å². The van der Waals surface area contributed by atoms with Gasteiger partial charge in [0, 0.05) is 56.0 Å². The number of methoxy groups -OCH3 is 2. The van der Waals surface area contributed by atoms with E-state index in [-0.39, 0.29) is 11.9 Å². The van der Waals surface area contributed by atoms with Gasteiger partial charge < -0.3 is 18.9 Å². The molecule has 4 aromatic carbocycles. The lowest BCUT2D eigenvalue weighted by Crippen LogP contribution is -2.49. The predicted molar refractivity (Wildman–Crippen MR) is 195 cm³/mol. The molecular weight excluding hydrogens is 617 g/mol. The molecule has 1 aliphatic rings. The first kappa shape index (κ1) is 33.4. The lowest BCUT2D eigenvalue weighted by Gasteiger charge is -2.40. The number of amides is 1. The first-order valence-electron chi connectivity index (χ1n) is 16.7. The van der Waals surface area contributed by atoms with Crippen LogP contribution in [-0.4, -0.2) is 71.4 Å². The van der Waals surface area contributed by atoms with Crippen LogP contribution in [-0.2, 0) is 11.3 Å². The van der Waals surface area contributed by atoms with Crippen molar-refractivity contribution in [3.63, 3.8) is 0 Å². The van der Waals surface area contributed by atoms with E-state index in [1.165, 1.54) is 11.1 Å². The Balaban J connectivity index is 1.09. The summed E-state index contributed by atoms with van der Waals surface area (Å²) in [5.74, 6) is 2.69. The van der Waals surface area contributed by atoms with E-state index in [1.54, 1.807) is 26.0 Å². The average Bonchev–Trinajstić information content (AvgIpc) is 3.53. The molecule has 1 amide bonds. The molecule has 0 spiro atoms. The third-order valence-electron chi connectivity index (χ3n) is 9.00. The van der Waals surface area contributed by atoms with Gasteiger partial charge in [0.15, 0.2) is 5.16 Å². The van der Waals surface area contributed by atoms with Crippen LogP contribution >= 0.6 is 11.8 Å². The van der Waals surface area contributed by atoms with Gasteiger partial charge in [0.25, 0.3) is 0 Å². The highest BCUT2D eigenvalue weighted by molar-refractivity contribution is 7.99. The van der Waals surface area contributed by atoms with Crippen LogP contribution in [0.1, 0.15) is 36.9 Å². The Morgan fingerprint density at radius 1 is 0.750 bits per heavy atom. The topological polar surface area (TPSA) is 59.8 Å². The highest BCUT2D eigenvalue weighted by Gasteiger charge is 2.28. The van der Waals surface area contributed by atoms with E-state index >= 15 is 0 Å². The number of hydrogen-bond acceptors (Lipinski definition) is 6. The highest BCUT2D eigenvalue weighted by Crippen LogP contribution is 2.37. The molecule has 0 unspecified atom stereocenters. The Labute approximate surface area is 288 Å². The number of rotatable bonds is 13. The molecule has 0 N–H and O–H groups in total. The van der Waals surface area contributed by atoms with Crippen molar-refractivity contribution in [2.45, 2.75) is 37.5 Å². The molecule has 248 valence electrons. The van der Waals surface area contributed by atoms with Gasteiger partial charge in [0.2, 0.25) is 5.91 Å². The summed E-state index contributed by atoms with van der Waals surface area (Å²) >= 11 is 1.72. The molecule has 0 saturated carbocycles. The van der Waals surface area contributed by atoms with Gasteiger partial charge in [-0.1, -0.05) is 72.4 Å². The van der Waals surface area contributed by atoms with Gasteiger partial charge in [0.1, 0.15) is 11.5 Å². The number of benzene rings is 4. The maximum atomic E-state index is 13.3. The molecule has 48 heavy (non-hydrogen) atoms. The zero-order valence-corrected chi connectivity index (χ0v) is 28.9. The summed E-state index contributed by atoms with van der Waals surface area (Å²) in [4.78, 5) is 23.1. The molecule has 0 atom stereocenters. The van der Waals surface area contributed by atoms with Crippen molar-refractivity contribution >= 4 is 17.7 Å². The number of carbonyl (C=O) groups excluding carboxylic acids is 1. The number of hydrogen-bond donors (Lipinski definition) is 0. The summed E-state index contributed by atoms with van der Waals surface area (Å²) in [6.45, 7) is 6.14. The fraction of sp³-hybridized carbons (Fsp3) is 0.300. The molecule has 1 fully saturated rings. The van der Waals surface area contributed by atoms with E-state index in [1.807, 2.05) is 29.2 Å². The summed E-state index contributed by atoms with van der Waals surface area (Å²) in [7, 11) is 3.36. The number of imidazole rings is 1. The Morgan fingerprint density at radius 2 is 1.29 bits per heavy atom. The first-order valence-corrected chi connectivity index (χ1v) is 17.7. The Bertz CT molecular complexity index is 1710. The minimum absolute atomic E-state index is 0.189.